The summed E-state index contributed by atoms with van der Waals surface area (Å²) in [5, 5.41) is 0. The number of carbonyl (C=O) groups excluding carboxylic acids is 2. The molecular formula is C36H57N5O5. The van der Waals surface area contributed by atoms with Gasteiger partial charge in [-0.25, -0.2) is 47.7 Å². The van der Waals surface area contributed by atoms with Gasteiger partial charge in [0.25, 0.3) is 0 Å². The van der Waals surface area contributed by atoms with Gasteiger partial charge in [-0.3, -0.25) is 0 Å². The van der Waals surface area contributed by atoms with E-state index >= 15 is 0 Å². The molecule has 0 N–H and O–H groups in total. The molecule has 0 saturated heterocycles. The van der Waals surface area contributed by atoms with Gasteiger partial charge < -0.3 is 0 Å². The van der Waals surface area contributed by atoms with E-state index in [0.29, 0.717) is 19.3 Å². The van der Waals surface area contributed by atoms with Gasteiger partial charge in [0.15, 0.2) is 0 Å². The van der Waals surface area contributed by atoms with Crippen LogP contribution in [0, 0.1) is 32.5 Å². The van der Waals surface area contributed by atoms with Crippen LogP contribution in [0.25, 0.3) is 0 Å². The van der Waals surface area contributed by atoms with Crippen molar-refractivity contribution in [1.29, 1.82) is 0 Å². The lowest BCUT2D eigenvalue weighted by Crippen LogP contribution is -2.62. The minimum Gasteiger partial charge on any atom is -0.247 e. The molecule has 10 nitrogen and oxygen atoms in total. The first-order chi connectivity index (χ1) is 21.2. The molecule has 0 spiro atoms. The summed E-state index contributed by atoms with van der Waals surface area (Å²) in [6.45, 7) is 21.7. The molecule has 0 aromatic carbocycles. The molecule has 1 aromatic heterocycles. The van der Waals surface area contributed by atoms with Gasteiger partial charge >= 0.3 is 17.1 Å². The average molecular weight is 640 g/mol. The smallest absolute Gasteiger partial charge is 0.247 e. The molecule has 0 amide bonds. The number of hydrogen-bond donors (Lipinski definition) is 0. The van der Waals surface area contributed by atoms with Gasteiger partial charge in [0.05, 0.1) is 13.1 Å². The topological polar surface area (TPSA) is 125 Å². The summed E-state index contributed by atoms with van der Waals surface area (Å²) >= 11 is 0. The Morgan fingerprint density at radius 2 is 0.826 bits per heavy atom. The Morgan fingerprint density at radius 1 is 0.543 bits per heavy atom. The summed E-state index contributed by atoms with van der Waals surface area (Å²) in [4.78, 5) is 74.9. The third-order valence-electron chi connectivity index (χ3n) is 13.0. The van der Waals surface area contributed by atoms with E-state index in [-0.39, 0.29) is 30.0 Å². The second-order valence-electron chi connectivity index (χ2n) is 18.2. The highest BCUT2D eigenvalue weighted by Gasteiger charge is 2.50. The zero-order valence-electron chi connectivity index (χ0n) is 30.0. The summed E-state index contributed by atoms with van der Waals surface area (Å²) in [5.74, 6) is 0. The quantitative estimate of drug-likeness (QED) is 0.236. The predicted octanol–water partition coefficient (Wildman–Crippen LogP) is 6.53. The van der Waals surface area contributed by atoms with Crippen molar-refractivity contribution in [2.75, 3.05) is 13.1 Å². The van der Waals surface area contributed by atoms with Crippen LogP contribution >= 0.6 is 0 Å². The monoisotopic (exact) mass is 639 g/mol. The lowest BCUT2D eigenvalue weighted by molar-refractivity contribution is 0.0172. The van der Waals surface area contributed by atoms with Crippen LogP contribution in [0.2, 0.25) is 0 Å². The Kier molecular flexibility index (Phi) is 9.65. The first-order valence-corrected chi connectivity index (χ1v) is 17.3. The lowest BCUT2D eigenvalue weighted by Gasteiger charge is -2.50. The van der Waals surface area contributed by atoms with E-state index < -0.39 is 50.8 Å². The molecule has 46 heavy (non-hydrogen) atoms. The van der Waals surface area contributed by atoms with Crippen LogP contribution in [-0.4, -0.2) is 39.0 Å². The number of rotatable bonds is 8. The maximum atomic E-state index is 15.0. The molecule has 3 aliphatic rings. The number of aliphatic imine (C=N–C) groups is 2. The van der Waals surface area contributed by atoms with Crippen molar-refractivity contribution in [1.82, 2.24) is 13.7 Å². The van der Waals surface area contributed by atoms with E-state index in [1.165, 1.54) is 13.7 Å². The van der Waals surface area contributed by atoms with Crippen molar-refractivity contribution in [3.8, 4) is 0 Å². The second-order valence-corrected chi connectivity index (χ2v) is 18.2. The fourth-order valence-electron chi connectivity index (χ4n) is 8.68. The summed E-state index contributed by atoms with van der Waals surface area (Å²) in [6, 6.07) is -1.40. The van der Waals surface area contributed by atoms with Gasteiger partial charge in [-0.15, -0.1) is 0 Å². The zero-order valence-corrected chi connectivity index (χ0v) is 30.0. The molecule has 3 saturated carbocycles. The van der Waals surface area contributed by atoms with Crippen LogP contribution in [0.1, 0.15) is 152 Å². The normalized spacial score (nSPS) is 35.0. The Morgan fingerprint density at radius 3 is 1.11 bits per heavy atom. The fourth-order valence-corrected chi connectivity index (χ4v) is 8.68. The molecule has 1 heterocycles. The van der Waals surface area contributed by atoms with Crippen LogP contribution in [0.3, 0.4) is 0 Å². The number of isocyanates is 2. The van der Waals surface area contributed by atoms with Crippen molar-refractivity contribution >= 4 is 12.2 Å². The predicted molar refractivity (Wildman–Crippen MR) is 180 cm³/mol. The average Bonchev–Trinajstić information content (AvgIpc) is 2.97. The summed E-state index contributed by atoms with van der Waals surface area (Å²) in [6.07, 6.45) is 10.8. The molecule has 3 aliphatic carbocycles. The summed E-state index contributed by atoms with van der Waals surface area (Å²) < 4.78 is 4.26. The van der Waals surface area contributed by atoms with Crippen LogP contribution in [-0.2, 0) is 9.59 Å². The molecule has 1 aromatic rings. The molecule has 0 bridgehead atoms. The molecule has 256 valence electrons. The van der Waals surface area contributed by atoms with Gasteiger partial charge in [0, 0.05) is 18.1 Å². The maximum absolute atomic E-state index is 15.0. The first-order valence-electron chi connectivity index (χ1n) is 17.3. The van der Waals surface area contributed by atoms with E-state index in [1.807, 2.05) is 0 Å². The molecule has 4 rings (SSSR count). The van der Waals surface area contributed by atoms with Crippen LogP contribution in [0.15, 0.2) is 24.4 Å². The molecule has 10 heteroatoms. The Balaban J connectivity index is 2.07. The minimum atomic E-state index is -0.569. The number of hydrogen-bond acceptors (Lipinski definition) is 7. The highest BCUT2D eigenvalue weighted by Crippen LogP contribution is 2.54. The van der Waals surface area contributed by atoms with E-state index in [9.17, 15) is 24.0 Å². The molecule has 0 aliphatic heterocycles. The highest BCUT2D eigenvalue weighted by molar-refractivity contribution is 5.33. The van der Waals surface area contributed by atoms with Gasteiger partial charge in [0.1, 0.15) is 0 Å². The molecule has 3 fully saturated rings. The van der Waals surface area contributed by atoms with Gasteiger partial charge in [-0.1, -0.05) is 75.7 Å². The van der Waals surface area contributed by atoms with E-state index in [0.717, 1.165) is 44.9 Å². The van der Waals surface area contributed by atoms with Crippen molar-refractivity contribution in [3.05, 3.63) is 31.5 Å². The van der Waals surface area contributed by atoms with Crippen LogP contribution in [0.5, 0.6) is 0 Å². The highest BCUT2D eigenvalue weighted by atomic mass is 16.2. The van der Waals surface area contributed by atoms with E-state index in [2.05, 4.69) is 79.2 Å². The number of aromatic nitrogens is 3. The first kappa shape index (κ1) is 36.0. The SMILES string of the molecule is CCC1(C)CCC(C)(C)C(n2c(=O)n(C3CC(C)(CN=C=O)CCC3(C)C)c(=O)n(C3CC(C)(CN=C=O)CCC3(C)C)c2=O)C1. The standard InChI is InChI=1S/C36H57N5O5/c1-11-34(8)15-12-31(2,3)25(18-34)39-28(44)40(26-19-35(9,21-37-23-42)16-13-32(26,4)5)30(46)41(29(39)45)27-20-36(10,22-38-24-43)17-14-33(27,6)7/h25-27H,11-22H2,1-10H3. The zero-order chi connectivity index (χ0) is 34.5. The van der Waals surface area contributed by atoms with Crippen LogP contribution < -0.4 is 17.1 Å². The maximum Gasteiger partial charge on any atom is 0.336 e. The van der Waals surface area contributed by atoms with E-state index in [1.54, 1.807) is 12.2 Å². The lowest BCUT2D eigenvalue weighted by atomic mass is 9.62. The van der Waals surface area contributed by atoms with Gasteiger partial charge in [0.2, 0.25) is 12.2 Å². The Labute approximate surface area is 273 Å². The summed E-state index contributed by atoms with van der Waals surface area (Å²) in [5.41, 5.74) is -3.69. The van der Waals surface area contributed by atoms with E-state index in [4.69, 9.17) is 0 Å². The van der Waals surface area contributed by atoms with Crippen molar-refractivity contribution in [2.24, 2.45) is 42.5 Å². The van der Waals surface area contributed by atoms with Crippen molar-refractivity contribution in [3.63, 3.8) is 0 Å². The largest absolute Gasteiger partial charge is 0.336 e. The Hall–Kier alpha value is -2.83. The number of nitrogens with zero attached hydrogens (tertiary/aromatic N) is 5. The van der Waals surface area contributed by atoms with Gasteiger partial charge in [-0.2, -0.15) is 0 Å². The fraction of sp³-hybridized carbons (Fsp3) is 0.861. The second kappa shape index (κ2) is 12.3. The minimum absolute atomic E-state index is 0.0388. The summed E-state index contributed by atoms with van der Waals surface area (Å²) in [7, 11) is 0. The van der Waals surface area contributed by atoms with Gasteiger partial charge in [-0.05, 0) is 90.3 Å². The molecular weight excluding hydrogens is 582 g/mol. The third kappa shape index (κ3) is 6.62. The Bertz CT molecular complexity index is 1510. The third-order valence-corrected chi connectivity index (χ3v) is 13.0. The van der Waals surface area contributed by atoms with Crippen molar-refractivity contribution < 1.29 is 9.59 Å². The van der Waals surface area contributed by atoms with Crippen molar-refractivity contribution in [2.45, 2.75) is 152 Å². The molecule has 6 atom stereocenters. The molecule has 6 unspecified atom stereocenters. The van der Waals surface area contributed by atoms with Crippen LogP contribution in [0.4, 0.5) is 0 Å². The molecule has 0 radical (unpaired) electrons.